The van der Waals surface area contributed by atoms with E-state index in [9.17, 15) is 14.7 Å². The van der Waals surface area contributed by atoms with Gasteiger partial charge in [0.25, 0.3) is 0 Å². The van der Waals surface area contributed by atoms with Crippen LogP contribution < -0.4 is 5.32 Å². The summed E-state index contributed by atoms with van der Waals surface area (Å²) in [5.74, 6) is 0.695. The average Bonchev–Trinajstić information content (AvgIpc) is 3.34. The zero-order valence-electron chi connectivity index (χ0n) is 22.1. The normalized spacial score (nSPS) is 32.3. The number of amides is 2. The van der Waals surface area contributed by atoms with E-state index >= 15 is 0 Å². The summed E-state index contributed by atoms with van der Waals surface area (Å²) in [7, 11) is 0. The SMILES string of the molecule is CC(C)(C)N(C(=O)O)[C@@H]1C2CCC(CC2)[C@@H]1C(=O)N1CCC2C(c3ccccc3)Nc3ccccc3C21. The van der Waals surface area contributed by atoms with Gasteiger partial charge < -0.3 is 15.3 Å². The van der Waals surface area contributed by atoms with E-state index in [1.807, 2.05) is 26.8 Å². The van der Waals surface area contributed by atoms with Gasteiger partial charge in [0, 0.05) is 23.7 Å². The zero-order valence-corrected chi connectivity index (χ0v) is 22.1. The van der Waals surface area contributed by atoms with E-state index in [1.54, 1.807) is 4.90 Å². The molecule has 2 amide bonds. The van der Waals surface area contributed by atoms with Crippen LogP contribution in [0.25, 0.3) is 0 Å². The molecular formula is C31H39N3O3. The first-order valence-corrected chi connectivity index (χ1v) is 14.0. The zero-order chi connectivity index (χ0) is 25.9. The van der Waals surface area contributed by atoms with Crippen LogP contribution >= 0.6 is 0 Å². The van der Waals surface area contributed by atoms with Crippen molar-refractivity contribution in [3.05, 3.63) is 65.7 Å². The van der Waals surface area contributed by atoms with Gasteiger partial charge in [-0.2, -0.15) is 0 Å². The molecule has 2 aromatic carbocycles. The molecule has 196 valence electrons. The van der Waals surface area contributed by atoms with E-state index in [-0.39, 0.29) is 47.7 Å². The molecule has 3 saturated carbocycles. The quantitative estimate of drug-likeness (QED) is 0.516. The second-order valence-corrected chi connectivity index (χ2v) is 12.6. The average molecular weight is 502 g/mol. The molecule has 2 bridgehead atoms. The smallest absolute Gasteiger partial charge is 0.408 e. The lowest BCUT2D eigenvalue weighted by Gasteiger charge is -2.55. The Labute approximate surface area is 220 Å². The Kier molecular flexibility index (Phi) is 5.96. The summed E-state index contributed by atoms with van der Waals surface area (Å²) in [6.45, 7) is 6.61. The number of carbonyl (C=O) groups is 2. The molecule has 2 aliphatic heterocycles. The molecule has 7 rings (SSSR count). The number of benzene rings is 2. The Balaban J connectivity index is 1.39. The highest BCUT2D eigenvalue weighted by Gasteiger charge is 2.56. The molecule has 4 fully saturated rings. The van der Waals surface area contributed by atoms with Crippen LogP contribution in [0.1, 0.15) is 76.1 Å². The van der Waals surface area contributed by atoms with Crippen LogP contribution in [0.5, 0.6) is 0 Å². The van der Waals surface area contributed by atoms with Gasteiger partial charge in [-0.25, -0.2) is 4.79 Å². The first-order chi connectivity index (χ1) is 17.8. The van der Waals surface area contributed by atoms with Gasteiger partial charge in [0.1, 0.15) is 0 Å². The summed E-state index contributed by atoms with van der Waals surface area (Å²) in [6, 6.07) is 18.9. The van der Waals surface area contributed by atoms with Crippen molar-refractivity contribution in [2.75, 3.05) is 11.9 Å². The van der Waals surface area contributed by atoms with Crippen molar-refractivity contribution in [3.8, 4) is 0 Å². The second kappa shape index (κ2) is 9.07. The molecular weight excluding hydrogens is 462 g/mol. The van der Waals surface area contributed by atoms with Gasteiger partial charge in [-0.15, -0.1) is 0 Å². The highest BCUT2D eigenvalue weighted by Crippen LogP contribution is 2.54. The Morgan fingerprint density at radius 2 is 1.57 bits per heavy atom. The Morgan fingerprint density at radius 3 is 2.24 bits per heavy atom. The summed E-state index contributed by atoms with van der Waals surface area (Å²) < 4.78 is 0. The van der Waals surface area contributed by atoms with E-state index in [2.05, 4.69) is 58.7 Å². The number of carbonyl (C=O) groups excluding carboxylic acids is 1. The Morgan fingerprint density at radius 1 is 0.919 bits per heavy atom. The van der Waals surface area contributed by atoms with Crippen molar-refractivity contribution < 1.29 is 14.7 Å². The molecule has 0 spiro atoms. The van der Waals surface area contributed by atoms with E-state index in [4.69, 9.17) is 0 Å². The maximum Gasteiger partial charge on any atom is 0.408 e. The Hall–Kier alpha value is -3.02. The lowest BCUT2D eigenvalue weighted by Crippen LogP contribution is -2.64. The summed E-state index contributed by atoms with van der Waals surface area (Å²) in [5, 5.41) is 14.1. The molecule has 2 heterocycles. The van der Waals surface area contributed by atoms with Gasteiger partial charge >= 0.3 is 6.09 Å². The van der Waals surface area contributed by atoms with Gasteiger partial charge in [-0.05, 0) is 81.9 Å². The molecule has 37 heavy (non-hydrogen) atoms. The number of fused-ring (bicyclic) bond motifs is 6. The van der Waals surface area contributed by atoms with Crippen molar-refractivity contribution in [2.24, 2.45) is 23.7 Å². The molecule has 3 aliphatic carbocycles. The maximum absolute atomic E-state index is 14.6. The minimum Gasteiger partial charge on any atom is -0.465 e. The number of nitrogens with zero attached hydrogens (tertiary/aromatic N) is 2. The molecule has 6 nitrogen and oxygen atoms in total. The van der Waals surface area contributed by atoms with Crippen LogP contribution in [0.3, 0.4) is 0 Å². The van der Waals surface area contributed by atoms with Crippen molar-refractivity contribution >= 4 is 17.7 Å². The standard InChI is InChI=1S/C31H39N3O3/c1-31(2,3)34(30(36)37)27-21-15-13-19(14-16-21)25(27)29(35)33-18-17-23-26(20-9-5-4-6-10-20)32-24-12-8-7-11-22(24)28(23)33/h4-12,19,21,23,25-28,32H,13-18H2,1-3H3,(H,36,37)/t19?,21?,23?,25-,26?,27+,28?/m0/s1. The maximum atomic E-state index is 14.6. The third kappa shape index (κ3) is 4.00. The van der Waals surface area contributed by atoms with Crippen molar-refractivity contribution in [1.29, 1.82) is 0 Å². The van der Waals surface area contributed by atoms with E-state index in [1.165, 1.54) is 11.1 Å². The molecule has 0 aromatic heterocycles. The monoisotopic (exact) mass is 501 g/mol. The molecule has 2 aromatic rings. The fourth-order valence-electron chi connectivity index (χ4n) is 8.15. The number of carboxylic acid groups (broad SMARTS) is 1. The predicted octanol–water partition coefficient (Wildman–Crippen LogP) is 6.33. The van der Waals surface area contributed by atoms with Crippen LogP contribution in [0.2, 0.25) is 0 Å². The third-order valence-electron chi connectivity index (χ3n) is 9.59. The van der Waals surface area contributed by atoms with E-state index in [0.29, 0.717) is 0 Å². The van der Waals surface area contributed by atoms with Crippen LogP contribution in [-0.4, -0.2) is 45.0 Å². The van der Waals surface area contributed by atoms with Gasteiger partial charge in [-0.1, -0.05) is 48.5 Å². The lowest BCUT2D eigenvalue weighted by molar-refractivity contribution is -0.150. The number of hydrogen-bond donors (Lipinski definition) is 2. The predicted molar refractivity (Wildman–Crippen MR) is 144 cm³/mol. The fraction of sp³-hybridized carbons (Fsp3) is 0.548. The number of para-hydroxylation sites is 1. The van der Waals surface area contributed by atoms with Crippen LogP contribution in [-0.2, 0) is 4.79 Å². The minimum atomic E-state index is -0.904. The van der Waals surface area contributed by atoms with Gasteiger partial charge in [-0.3, -0.25) is 9.69 Å². The first kappa shape index (κ1) is 24.3. The van der Waals surface area contributed by atoms with Gasteiger partial charge in [0.05, 0.1) is 24.0 Å². The molecule has 5 aliphatic rings. The second-order valence-electron chi connectivity index (χ2n) is 12.6. The van der Waals surface area contributed by atoms with Crippen LogP contribution in [0.4, 0.5) is 10.5 Å². The van der Waals surface area contributed by atoms with Crippen LogP contribution in [0, 0.1) is 23.7 Å². The lowest BCUT2D eigenvalue weighted by atomic mass is 9.60. The van der Waals surface area contributed by atoms with Crippen LogP contribution in [0.15, 0.2) is 54.6 Å². The summed E-state index contributed by atoms with van der Waals surface area (Å²) in [4.78, 5) is 31.0. The number of nitrogens with one attached hydrogen (secondary N) is 1. The summed E-state index contributed by atoms with van der Waals surface area (Å²) in [5.41, 5.74) is 2.98. The summed E-state index contributed by atoms with van der Waals surface area (Å²) in [6.07, 6.45) is 4.13. The van der Waals surface area contributed by atoms with Gasteiger partial charge in [0.2, 0.25) is 5.91 Å². The molecule has 6 heteroatoms. The van der Waals surface area contributed by atoms with E-state index in [0.717, 1.165) is 44.3 Å². The fourth-order valence-corrected chi connectivity index (χ4v) is 8.15. The highest BCUT2D eigenvalue weighted by molar-refractivity contribution is 5.83. The topological polar surface area (TPSA) is 72.9 Å². The molecule has 1 saturated heterocycles. The van der Waals surface area contributed by atoms with Crippen molar-refractivity contribution in [2.45, 2.75) is 76.5 Å². The number of likely N-dealkylation sites (tertiary alicyclic amines) is 1. The Bertz CT molecular complexity index is 1170. The highest BCUT2D eigenvalue weighted by atomic mass is 16.4. The van der Waals surface area contributed by atoms with Crippen molar-refractivity contribution in [3.63, 3.8) is 0 Å². The first-order valence-electron chi connectivity index (χ1n) is 14.0. The summed E-state index contributed by atoms with van der Waals surface area (Å²) >= 11 is 0. The van der Waals surface area contributed by atoms with E-state index < -0.39 is 11.6 Å². The van der Waals surface area contributed by atoms with Gasteiger partial charge in [0.15, 0.2) is 0 Å². The minimum absolute atomic E-state index is 0.00386. The molecule has 0 radical (unpaired) electrons. The number of rotatable bonds is 3. The number of hydrogen-bond acceptors (Lipinski definition) is 3. The number of anilines is 1. The largest absolute Gasteiger partial charge is 0.465 e. The third-order valence-corrected chi connectivity index (χ3v) is 9.59. The molecule has 5 atom stereocenters. The molecule has 2 N–H and O–H groups in total. The van der Waals surface area contributed by atoms with Crippen molar-refractivity contribution in [1.82, 2.24) is 9.80 Å². The molecule has 3 unspecified atom stereocenters.